The highest BCUT2D eigenvalue weighted by Crippen LogP contribution is 1.99. The van der Waals surface area contributed by atoms with Gasteiger partial charge in [0.05, 0.1) is 0 Å². The summed E-state index contributed by atoms with van der Waals surface area (Å²) in [6.45, 7) is 3.06. The Morgan fingerprint density at radius 3 is 3.00 bits per heavy atom. The van der Waals surface area contributed by atoms with Crippen LogP contribution in [-0.4, -0.2) is 59.9 Å². The fourth-order valence-corrected chi connectivity index (χ4v) is 1.47. The van der Waals surface area contributed by atoms with E-state index in [1.807, 2.05) is 0 Å². The fourth-order valence-electron chi connectivity index (χ4n) is 1.47. The molecule has 1 aliphatic heterocycles. The lowest BCUT2D eigenvalue weighted by Crippen LogP contribution is -2.54. The molecule has 0 spiro atoms. The van der Waals surface area contributed by atoms with Gasteiger partial charge in [0.25, 0.3) is 0 Å². The van der Waals surface area contributed by atoms with Crippen LogP contribution in [0.1, 0.15) is 6.42 Å². The second kappa shape index (κ2) is 5.16. The first-order chi connectivity index (χ1) is 6.24. The average molecular weight is 188 g/mol. The van der Waals surface area contributed by atoms with Gasteiger partial charge in [0.15, 0.2) is 0 Å². The molecular weight excluding hydrogens is 172 g/mol. The van der Waals surface area contributed by atoms with Crippen molar-refractivity contribution < 1.29 is 15.0 Å². The number of piperazine rings is 1. The van der Waals surface area contributed by atoms with E-state index >= 15 is 0 Å². The number of aliphatic carboxylic acids is 1. The molecule has 1 unspecified atom stereocenters. The van der Waals surface area contributed by atoms with Crippen molar-refractivity contribution in [2.75, 3.05) is 32.8 Å². The summed E-state index contributed by atoms with van der Waals surface area (Å²) in [6, 6.07) is -0.451. The van der Waals surface area contributed by atoms with Crippen LogP contribution in [0.15, 0.2) is 0 Å². The predicted octanol–water partition coefficient (Wildman–Crippen LogP) is -1.27. The topological polar surface area (TPSA) is 72.8 Å². The van der Waals surface area contributed by atoms with Crippen molar-refractivity contribution in [3.8, 4) is 0 Å². The fraction of sp³-hybridized carbons (Fsp3) is 0.875. The third kappa shape index (κ3) is 3.30. The number of carbonyl (C=O) groups is 1. The van der Waals surface area contributed by atoms with Crippen molar-refractivity contribution in [2.24, 2.45) is 0 Å². The Balaban J connectivity index is 2.29. The van der Waals surface area contributed by atoms with E-state index < -0.39 is 12.0 Å². The zero-order valence-electron chi connectivity index (χ0n) is 7.57. The molecule has 0 aromatic rings. The maximum atomic E-state index is 10.6. The number of nitrogens with zero attached hydrogens (tertiary/aromatic N) is 1. The molecule has 76 valence electrons. The lowest BCUT2D eigenvalue weighted by Gasteiger charge is -2.31. The maximum absolute atomic E-state index is 10.6. The monoisotopic (exact) mass is 188 g/mol. The normalized spacial score (nSPS) is 24.5. The van der Waals surface area contributed by atoms with Crippen molar-refractivity contribution in [1.82, 2.24) is 10.2 Å². The van der Waals surface area contributed by atoms with Crippen molar-refractivity contribution in [1.29, 1.82) is 0 Å². The minimum absolute atomic E-state index is 0.168. The van der Waals surface area contributed by atoms with E-state index in [4.69, 9.17) is 10.2 Å². The molecule has 0 amide bonds. The molecule has 5 nitrogen and oxygen atoms in total. The number of carboxylic acid groups (broad SMARTS) is 1. The van der Waals surface area contributed by atoms with Crippen molar-refractivity contribution in [2.45, 2.75) is 12.5 Å². The summed E-state index contributed by atoms with van der Waals surface area (Å²) < 4.78 is 0. The van der Waals surface area contributed by atoms with Crippen molar-refractivity contribution >= 4 is 5.97 Å². The van der Waals surface area contributed by atoms with E-state index in [1.54, 1.807) is 0 Å². The van der Waals surface area contributed by atoms with Gasteiger partial charge in [0, 0.05) is 32.8 Å². The Hall–Kier alpha value is -0.650. The van der Waals surface area contributed by atoms with Gasteiger partial charge in [-0.1, -0.05) is 0 Å². The number of rotatable bonds is 4. The molecule has 1 atom stereocenters. The molecular formula is C8H16N2O3. The van der Waals surface area contributed by atoms with E-state index in [0.29, 0.717) is 19.5 Å². The summed E-state index contributed by atoms with van der Waals surface area (Å²) in [6.07, 6.45) is 0.715. The van der Waals surface area contributed by atoms with E-state index in [9.17, 15) is 4.79 Å². The molecule has 0 aromatic carbocycles. The third-order valence-corrected chi connectivity index (χ3v) is 2.19. The lowest BCUT2D eigenvalue weighted by atomic mass is 10.2. The van der Waals surface area contributed by atoms with Crippen LogP contribution in [-0.2, 0) is 4.79 Å². The number of hydrogen-bond donors (Lipinski definition) is 3. The Morgan fingerprint density at radius 1 is 1.62 bits per heavy atom. The van der Waals surface area contributed by atoms with E-state index in [1.165, 1.54) is 0 Å². The first-order valence-corrected chi connectivity index (χ1v) is 4.53. The standard InChI is InChI=1S/C8H16N2O3/c11-5-1-3-10-4-2-9-7(6-10)8(12)13/h7,9,11H,1-6H2,(H,12,13). The molecule has 0 radical (unpaired) electrons. The maximum Gasteiger partial charge on any atom is 0.322 e. The van der Waals surface area contributed by atoms with Gasteiger partial charge < -0.3 is 15.5 Å². The van der Waals surface area contributed by atoms with Gasteiger partial charge in [0.1, 0.15) is 6.04 Å². The molecule has 3 N–H and O–H groups in total. The van der Waals surface area contributed by atoms with Gasteiger partial charge in [-0.15, -0.1) is 0 Å². The van der Waals surface area contributed by atoms with Gasteiger partial charge in [-0.3, -0.25) is 9.69 Å². The van der Waals surface area contributed by atoms with Crippen molar-refractivity contribution in [3.63, 3.8) is 0 Å². The zero-order chi connectivity index (χ0) is 9.68. The highest BCUT2D eigenvalue weighted by atomic mass is 16.4. The molecule has 0 aliphatic carbocycles. The molecule has 0 aromatic heterocycles. The third-order valence-electron chi connectivity index (χ3n) is 2.19. The number of aliphatic hydroxyl groups excluding tert-OH is 1. The summed E-state index contributed by atoms with van der Waals surface area (Å²) in [4.78, 5) is 12.7. The highest BCUT2D eigenvalue weighted by molar-refractivity contribution is 5.73. The summed E-state index contributed by atoms with van der Waals surface area (Å²) in [5.41, 5.74) is 0. The largest absolute Gasteiger partial charge is 0.480 e. The summed E-state index contributed by atoms with van der Waals surface area (Å²) in [7, 11) is 0. The van der Waals surface area contributed by atoms with Gasteiger partial charge >= 0.3 is 5.97 Å². The van der Waals surface area contributed by atoms with E-state index in [0.717, 1.165) is 13.1 Å². The average Bonchev–Trinajstić information content (AvgIpc) is 2.15. The van der Waals surface area contributed by atoms with Crippen LogP contribution in [0.2, 0.25) is 0 Å². The Kier molecular flexibility index (Phi) is 4.14. The molecule has 13 heavy (non-hydrogen) atoms. The van der Waals surface area contributed by atoms with Crippen LogP contribution in [0.4, 0.5) is 0 Å². The SMILES string of the molecule is O=C(O)C1CN(CCCO)CCN1. The molecule has 5 heteroatoms. The minimum Gasteiger partial charge on any atom is -0.480 e. The summed E-state index contributed by atoms with van der Waals surface area (Å²) >= 11 is 0. The molecule has 1 aliphatic rings. The van der Waals surface area contributed by atoms with Crippen LogP contribution in [0.5, 0.6) is 0 Å². The molecule has 1 saturated heterocycles. The molecule has 0 saturated carbocycles. The highest BCUT2D eigenvalue weighted by Gasteiger charge is 2.23. The van der Waals surface area contributed by atoms with Gasteiger partial charge in [0.2, 0.25) is 0 Å². The Labute approximate surface area is 77.3 Å². The second-order valence-electron chi connectivity index (χ2n) is 3.22. The molecule has 1 rings (SSSR count). The number of carboxylic acids is 1. The number of nitrogens with one attached hydrogen (secondary N) is 1. The van der Waals surface area contributed by atoms with Crippen LogP contribution in [0.25, 0.3) is 0 Å². The lowest BCUT2D eigenvalue weighted by molar-refractivity contribution is -0.140. The van der Waals surface area contributed by atoms with Crippen LogP contribution in [0, 0.1) is 0 Å². The smallest absolute Gasteiger partial charge is 0.322 e. The number of aliphatic hydroxyl groups is 1. The predicted molar refractivity (Wildman–Crippen MR) is 47.6 cm³/mol. The van der Waals surface area contributed by atoms with E-state index in [-0.39, 0.29) is 6.61 Å². The van der Waals surface area contributed by atoms with Crippen LogP contribution < -0.4 is 5.32 Å². The first-order valence-electron chi connectivity index (χ1n) is 4.53. The van der Waals surface area contributed by atoms with E-state index in [2.05, 4.69) is 10.2 Å². The molecule has 0 bridgehead atoms. The second-order valence-corrected chi connectivity index (χ2v) is 3.22. The van der Waals surface area contributed by atoms with Gasteiger partial charge in [-0.05, 0) is 6.42 Å². The van der Waals surface area contributed by atoms with Gasteiger partial charge in [-0.2, -0.15) is 0 Å². The van der Waals surface area contributed by atoms with Crippen LogP contribution >= 0.6 is 0 Å². The van der Waals surface area contributed by atoms with Crippen molar-refractivity contribution in [3.05, 3.63) is 0 Å². The zero-order valence-corrected chi connectivity index (χ0v) is 7.57. The minimum atomic E-state index is -0.798. The summed E-state index contributed by atoms with van der Waals surface area (Å²) in [5.74, 6) is -0.798. The molecule has 1 heterocycles. The van der Waals surface area contributed by atoms with Crippen LogP contribution in [0.3, 0.4) is 0 Å². The Morgan fingerprint density at radius 2 is 2.38 bits per heavy atom. The first kappa shape index (κ1) is 10.4. The summed E-state index contributed by atoms with van der Waals surface area (Å²) in [5, 5.41) is 20.3. The quantitative estimate of drug-likeness (QED) is 0.513. The molecule has 1 fully saturated rings. The van der Waals surface area contributed by atoms with Gasteiger partial charge in [-0.25, -0.2) is 0 Å². The Bertz CT molecular complexity index is 175. The number of hydrogen-bond acceptors (Lipinski definition) is 4.